The average molecular weight is 570 g/mol. The highest BCUT2D eigenvalue weighted by atomic mass is 16.5. The Kier molecular flexibility index (Phi) is 9.22. The van der Waals surface area contributed by atoms with E-state index in [1.54, 1.807) is 0 Å². The Morgan fingerprint density at radius 3 is 2.14 bits per heavy atom. The second-order valence-corrected chi connectivity index (χ2v) is 11.5. The molecule has 1 fully saturated rings. The average Bonchev–Trinajstić information content (AvgIpc) is 3.31. The van der Waals surface area contributed by atoms with Crippen molar-refractivity contribution in [2.24, 2.45) is 0 Å². The van der Waals surface area contributed by atoms with Crippen LogP contribution in [0.1, 0.15) is 61.6 Å². The molecule has 3 N–H and O–H groups in total. The summed E-state index contributed by atoms with van der Waals surface area (Å²) in [4.78, 5) is 39.7. The normalized spacial score (nSPS) is 16.6. The third-order valence-electron chi connectivity index (χ3n) is 8.50. The van der Waals surface area contributed by atoms with Crippen LogP contribution in [-0.4, -0.2) is 59.3 Å². The van der Waals surface area contributed by atoms with E-state index in [1.165, 1.54) is 16.7 Å². The molecular weight excluding hydrogens is 530 g/mol. The van der Waals surface area contributed by atoms with Crippen LogP contribution < -0.4 is 10.6 Å². The van der Waals surface area contributed by atoms with Crippen molar-refractivity contribution in [1.29, 1.82) is 0 Å². The van der Waals surface area contributed by atoms with Gasteiger partial charge < -0.3 is 20.5 Å². The van der Waals surface area contributed by atoms with Crippen molar-refractivity contribution >= 4 is 18.0 Å². The van der Waals surface area contributed by atoms with Gasteiger partial charge in [-0.2, -0.15) is 0 Å². The number of carbonyl (C=O) groups is 3. The van der Waals surface area contributed by atoms with Crippen LogP contribution in [0.2, 0.25) is 0 Å². The smallest absolute Gasteiger partial charge is 0.407 e. The molecule has 8 nitrogen and oxygen atoms in total. The molecule has 2 aliphatic rings. The lowest BCUT2D eigenvalue weighted by Crippen LogP contribution is -2.59. The van der Waals surface area contributed by atoms with Gasteiger partial charge in [0, 0.05) is 38.0 Å². The second-order valence-electron chi connectivity index (χ2n) is 11.5. The largest absolute Gasteiger partial charge is 0.480 e. The van der Waals surface area contributed by atoms with E-state index < -0.39 is 17.6 Å². The molecule has 3 aromatic carbocycles. The summed E-state index contributed by atoms with van der Waals surface area (Å²) in [6, 6.07) is 26.3. The minimum absolute atomic E-state index is 0.00564. The number of nitrogens with one attached hydrogen (secondary N) is 2. The molecule has 0 saturated carbocycles. The van der Waals surface area contributed by atoms with Gasteiger partial charge in [0.05, 0.1) is 0 Å². The number of amides is 2. The van der Waals surface area contributed by atoms with Crippen molar-refractivity contribution < 1.29 is 24.2 Å². The van der Waals surface area contributed by atoms with Crippen LogP contribution >= 0.6 is 0 Å². The number of hydrogen-bond acceptors (Lipinski definition) is 5. The number of aliphatic carboxylic acids is 1. The number of rotatable bonds is 11. The molecular formula is C34H39N3O5. The summed E-state index contributed by atoms with van der Waals surface area (Å²) in [5, 5.41) is 15.7. The van der Waals surface area contributed by atoms with Crippen molar-refractivity contribution in [2.75, 3.05) is 19.7 Å². The van der Waals surface area contributed by atoms with Gasteiger partial charge in [0.2, 0.25) is 5.91 Å². The second kappa shape index (κ2) is 13.2. The molecule has 1 aliphatic heterocycles. The number of likely N-dealkylation sites (tertiary alicyclic amines) is 1. The fourth-order valence-corrected chi connectivity index (χ4v) is 6.14. The number of benzene rings is 3. The number of carbonyl (C=O) groups excluding carboxylic acids is 2. The van der Waals surface area contributed by atoms with Crippen molar-refractivity contribution in [2.45, 2.75) is 63.1 Å². The molecule has 220 valence electrons. The molecule has 5 rings (SSSR count). The minimum Gasteiger partial charge on any atom is -0.480 e. The molecule has 1 saturated heterocycles. The number of fused-ring (bicyclic) bond motifs is 3. The van der Waals surface area contributed by atoms with Crippen LogP contribution in [0.3, 0.4) is 0 Å². The van der Waals surface area contributed by atoms with Gasteiger partial charge in [-0.3, -0.25) is 9.69 Å². The van der Waals surface area contributed by atoms with E-state index in [4.69, 9.17) is 4.74 Å². The van der Waals surface area contributed by atoms with Crippen LogP contribution in [0.25, 0.3) is 11.1 Å². The van der Waals surface area contributed by atoms with Gasteiger partial charge >= 0.3 is 12.1 Å². The third kappa shape index (κ3) is 6.82. The minimum atomic E-state index is -1.24. The van der Waals surface area contributed by atoms with Crippen LogP contribution in [0, 0.1) is 0 Å². The molecule has 1 aliphatic carbocycles. The van der Waals surface area contributed by atoms with E-state index in [9.17, 15) is 19.5 Å². The number of carboxylic acids is 1. The number of piperidine rings is 1. The van der Waals surface area contributed by atoms with Gasteiger partial charge in [0.25, 0.3) is 0 Å². The van der Waals surface area contributed by atoms with Crippen LogP contribution in [-0.2, 0) is 20.9 Å². The summed E-state index contributed by atoms with van der Waals surface area (Å²) in [6.45, 7) is 4.08. The highest BCUT2D eigenvalue weighted by Gasteiger charge is 2.42. The quantitative estimate of drug-likeness (QED) is 0.289. The predicted octanol–water partition coefficient (Wildman–Crippen LogP) is 5.32. The predicted molar refractivity (Wildman–Crippen MR) is 161 cm³/mol. The first kappa shape index (κ1) is 29.3. The van der Waals surface area contributed by atoms with E-state index in [2.05, 4.69) is 51.9 Å². The molecule has 42 heavy (non-hydrogen) atoms. The highest BCUT2D eigenvalue weighted by molar-refractivity contribution is 5.87. The zero-order chi connectivity index (χ0) is 29.5. The maximum atomic E-state index is 12.7. The van der Waals surface area contributed by atoms with Gasteiger partial charge in [-0.05, 0) is 60.4 Å². The summed E-state index contributed by atoms with van der Waals surface area (Å²) in [6.07, 6.45) is 1.52. The van der Waals surface area contributed by atoms with E-state index in [0.717, 1.165) is 17.7 Å². The number of alkyl carbamates (subject to hydrolysis) is 1. The van der Waals surface area contributed by atoms with Gasteiger partial charge in [0.1, 0.15) is 12.1 Å². The SMILES string of the molecule is CC(CCCC(=O)NC1(C(=O)O)CCN(Cc2ccccc2)CC1)NC(=O)OCC1c2ccccc2-c2ccccc21. The van der Waals surface area contributed by atoms with Gasteiger partial charge in [0.15, 0.2) is 0 Å². The lowest BCUT2D eigenvalue weighted by molar-refractivity contribution is -0.150. The van der Waals surface area contributed by atoms with Crippen molar-refractivity contribution in [3.63, 3.8) is 0 Å². The lowest BCUT2D eigenvalue weighted by Gasteiger charge is -2.39. The van der Waals surface area contributed by atoms with Crippen LogP contribution in [0.15, 0.2) is 78.9 Å². The molecule has 0 aromatic heterocycles. The lowest BCUT2D eigenvalue weighted by atomic mass is 9.87. The van der Waals surface area contributed by atoms with Gasteiger partial charge in [-0.15, -0.1) is 0 Å². The van der Waals surface area contributed by atoms with Crippen molar-refractivity contribution in [3.8, 4) is 11.1 Å². The van der Waals surface area contributed by atoms with E-state index >= 15 is 0 Å². The first-order chi connectivity index (χ1) is 20.3. The number of ether oxygens (including phenoxy) is 1. The number of nitrogens with zero attached hydrogens (tertiary/aromatic N) is 1. The molecule has 0 bridgehead atoms. The van der Waals surface area contributed by atoms with Gasteiger partial charge in [-0.1, -0.05) is 78.9 Å². The first-order valence-corrected chi connectivity index (χ1v) is 14.8. The molecule has 1 atom stereocenters. The summed E-state index contributed by atoms with van der Waals surface area (Å²) < 4.78 is 5.63. The van der Waals surface area contributed by atoms with E-state index in [1.807, 2.05) is 49.4 Å². The fourth-order valence-electron chi connectivity index (χ4n) is 6.14. The summed E-state index contributed by atoms with van der Waals surface area (Å²) in [5.74, 6) is -1.27. The monoisotopic (exact) mass is 569 g/mol. The fraction of sp³-hybridized carbons (Fsp3) is 0.382. The Bertz CT molecular complexity index is 1360. The summed E-state index contributed by atoms with van der Waals surface area (Å²) in [7, 11) is 0. The molecule has 1 unspecified atom stereocenters. The number of carboxylic acid groups (broad SMARTS) is 1. The van der Waals surface area contributed by atoms with E-state index in [0.29, 0.717) is 38.8 Å². The molecule has 3 aromatic rings. The van der Waals surface area contributed by atoms with Gasteiger partial charge in [-0.25, -0.2) is 9.59 Å². The number of hydrogen-bond donors (Lipinski definition) is 3. The molecule has 0 radical (unpaired) electrons. The Balaban J connectivity index is 1.03. The first-order valence-electron chi connectivity index (χ1n) is 14.8. The Labute approximate surface area is 247 Å². The zero-order valence-corrected chi connectivity index (χ0v) is 24.1. The van der Waals surface area contributed by atoms with Crippen molar-refractivity contribution in [1.82, 2.24) is 15.5 Å². The summed E-state index contributed by atoms with van der Waals surface area (Å²) >= 11 is 0. The molecule has 1 heterocycles. The van der Waals surface area contributed by atoms with Crippen LogP contribution in [0.5, 0.6) is 0 Å². The van der Waals surface area contributed by atoms with E-state index in [-0.39, 0.29) is 30.9 Å². The summed E-state index contributed by atoms with van der Waals surface area (Å²) in [5.41, 5.74) is 4.62. The molecule has 0 spiro atoms. The zero-order valence-electron chi connectivity index (χ0n) is 24.1. The Morgan fingerprint density at radius 2 is 1.52 bits per heavy atom. The maximum Gasteiger partial charge on any atom is 0.407 e. The molecule has 8 heteroatoms. The standard InChI is InChI=1S/C34H39N3O5/c1-24(35-33(41)42-23-30-28-15-7-5-13-26(28)27-14-6-8-16-29(27)30)10-9-17-31(38)36-34(32(39)40)18-20-37(21-19-34)22-25-11-3-2-4-12-25/h2-8,11-16,24,30H,9-10,17-23H2,1H3,(H,35,41)(H,36,38)(H,39,40). The van der Waals surface area contributed by atoms with Crippen molar-refractivity contribution in [3.05, 3.63) is 95.6 Å². The van der Waals surface area contributed by atoms with Crippen LogP contribution in [0.4, 0.5) is 4.79 Å². The highest BCUT2D eigenvalue weighted by Crippen LogP contribution is 2.44. The third-order valence-corrected chi connectivity index (χ3v) is 8.50. The topological polar surface area (TPSA) is 108 Å². The Hall–Kier alpha value is -4.17. The Morgan fingerprint density at radius 1 is 0.929 bits per heavy atom. The molecule has 2 amide bonds. The maximum absolute atomic E-state index is 12.7.